The average molecular weight is 354 g/mol. The molecule has 8 heteroatoms. The molecular formula is C18H19FN6O. The minimum atomic E-state index is -0.270. The summed E-state index contributed by atoms with van der Waals surface area (Å²) in [5.41, 5.74) is 1.21. The van der Waals surface area contributed by atoms with E-state index in [4.69, 9.17) is 4.52 Å². The third-order valence-corrected chi connectivity index (χ3v) is 4.46. The molecule has 0 N–H and O–H groups in total. The molecule has 0 saturated carbocycles. The lowest BCUT2D eigenvalue weighted by molar-refractivity contribution is 0.214. The summed E-state index contributed by atoms with van der Waals surface area (Å²) in [6, 6.07) is 6.76. The first kappa shape index (κ1) is 16.6. The third kappa shape index (κ3) is 3.55. The first-order chi connectivity index (χ1) is 12.7. The first-order valence-corrected chi connectivity index (χ1v) is 8.52. The van der Waals surface area contributed by atoms with Crippen LogP contribution in [0.15, 0.2) is 41.2 Å². The molecule has 0 amide bonds. The topological polar surface area (TPSA) is 71.2 Å². The molecule has 1 aliphatic heterocycles. The maximum absolute atomic E-state index is 13.7. The fourth-order valence-corrected chi connectivity index (χ4v) is 2.92. The van der Waals surface area contributed by atoms with Crippen LogP contribution in [0.25, 0.3) is 11.4 Å². The van der Waals surface area contributed by atoms with Crippen LogP contribution < -0.4 is 4.90 Å². The summed E-state index contributed by atoms with van der Waals surface area (Å²) in [6.45, 7) is 5.69. The van der Waals surface area contributed by atoms with E-state index in [0.717, 1.165) is 32.1 Å². The van der Waals surface area contributed by atoms with Crippen molar-refractivity contribution in [3.05, 3.63) is 53.9 Å². The summed E-state index contributed by atoms with van der Waals surface area (Å²) in [6.07, 6.45) is 3.51. The van der Waals surface area contributed by atoms with Crippen molar-refractivity contribution >= 4 is 5.95 Å². The number of rotatable bonds is 4. The summed E-state index contributed by atoms with van der Waals surface area (Å²) in [4.78, 5) is 17.4. The van der Waals surface area contributed by atoms with Crippen molar-refractivity contribution in [1.82, 2.24) is 25.0 Å². The van der Waals surface area contributed by atoms with Gasteiger partial charge in [0.2, 0.25) is 17.7 Å². The van der Waals surface area contributed by atoms with E-state index in [-0.39, 0.29) is 5.82 Å². The highest BCUT2D eigenvalue weighted by atomic mass is 19.1. The zero-order valence-electron chi connectivity index (χ0n) is 14.5. The van der Waals surface area contributed by atoms with Crippen LogP contribution in [-0.2, 0) is 6.54 Å². The number of benzene rings is 1. The molecule has 2 aromatic heterocycles. The number of hydrogen-bond acceptors (Lipinski definition) is 7. The van der Waals surface area contributed by atoms with Crippen molar-refractivity contribution in [2.75, 3.05) is 31.1 Å². The second-order valence-electron chi connectivity index (χ2n) is 6.29. The van der Waals surface area contributed by atoms with Crippen LogP contribution in [0.4, 0.5) is 10.3 Å². The highest BCUT2D eigenvalue weighted by Gasteiger charge is 2.21. The van der Waals surface area contributed by atoms with Gasteiger partial charge in [0, 0.05) is 44.1 Å². The molecule has 1 fully saturated rings. The van der Waals surface area contributed by atoms with Crippen LogP contribution in [-0.4, -0.2) is 51.2 Å². The SMILES string of the molecule is Cc1ccc(-c2noc(CN3CCN(c4ncccn4)CC3)n2)cc1F. The second-order valence-corrected chi connectivity index (χ2v) is 6.29. The van der Waals surface area contributed by atoms with Crippen LogP contribution in [0.2, 0.25) is 0 Å². The molecule has 3 heterocycles. The summed E-state index contributed by atoms with van der Waals surface area (Å²) < 4.78 is 19.1. The highest BCUT2D eigenvalue weighted by molar-refractivity contribution is 5.54. The normalized spacial score (nSPS) is 15.4. The van der Waals surface area contributed by atoms with Gasteiger partial charge in [-0.3, -0.25) is 4.90 Å². The van der Waals surface area contributed by atoms with Crippen molar-refractivity contribution < 1.29 is 8.91 Å². The molecule has 1 aliphatic rings. The van der Waals surface area contributed by atoms with Gasteiger partial charge in [0.1, 0.15) is 5.82 Å². The smallest absolute Gasteiger partial charge is 0.241 e. The highest BCUT2D eigenvalue weighted by Crippen LogP contribution is 2.20. The summed E-state index contributed by atoms with van der Waals surface area (Å²) in [5, 5.41) is 3.98. The third-order valence-electron chi connectivity index (χ3n) is 4.46. The van der Waals surface area contributed by atoms with Gasteiger partial charge in [-0.2, -0.15) is 4.98 Å². The summed E-state index contributed by atoms with van der Waals surface area (Å²) in [5.74, 6) is 1.43. The summed E-state index contributed by atoms with van der Waals surface area (Å²) >= 11 is 0. The number of halogens is 1. The minimum Gasteiger partial charge on any atom is -0.338 e. The number of hydrogen-bond donors (Lipinski definition) is 0. The van der Waals surface area contributed by atoms with Crippen molar-refractivity contribution in [3.8, 4) is 11.4 Å². The van der Waals surface area contributed by atoms with Crippen molar-refractivity contribution in [2.24, 2.45) is 0 Å². The van der Waals surface area contributed by atoms with Gasteiger partial charge in [0.15, 0.2) is 0 Å². The van der Waals surface area contributed by atoms with Crippen LogP contribution in [0, 0.1) is 12.7 Å². The average Bonchev–Trinajstić information content (AvgIpc) is 3.14. The van der Waals surface area contributed by atoms with Crippen LogP contribution in [0.5, 0.6) is 0 Å². The van der Waals surface area contributed by atoms with E-state index in [2.05, 4.69) is 29.9 Å². The molecule has 7 nitrogen and oxygen atoms in total. The molecule has 0 spiro atoms. The van der Waals surface area contributed by atoms with Crippen molar-refractivity contribution in [2.45, 2.75) is 13.5 Å². The molecule has 1 saturated heterocycles. The van der Waals surface area contributed by atoms with Crippen LogP contribution in [0.1, 0.15) is 11.5 Å². The zero-order chi connectivity index (χ0) is 17.9. The van der Waals surface area contributed by atoms with Crippen molar-refractivity contribution in [1.29, 1.82) is 0 Å². The van der Waals surface area contributed by atoms with Gasteiger partial charge >= 0.3 is 0 Å². The molecule has 0 atom stereocenters. The van der Waals surface area contributed by atoms with E-state index in [0.29, 0.717) is 29.4 Å². The Labute approximate surface area is 150 Å². The number of nitrogens with zero attached hydrogens (tertiary/aromatic N) is 6. The lowest BCUT2D eigenvalue weighted by atomic mass is 10.1. The van der Waals surface area contributed by atoms with Gasteiger partial charge < -0.3 is 9.42 Å². The molecule has 0 bridgehead atoms. The van der Waals surface area contributed by atoms with Gasteiger partial charge in [-0.15, -0.1) is 0 Å². The Balaban J connectivity index is 1.37. The maximum Gasteiger partial charge on any atom is 0.241 e. The predicted molar refractivity (Wildman–Crippen MR) is 94.0 cm³/mol. The largest absolute Gasteiger partial charge is 0.338 e. The van der Waals surface area contributed by atoms with E-state index in [9.17, 15) is 4.39 Å². The molecule has 134 valence electrons. The molecule has 1 aromatic carbocycles. The Bertz CT molecular complexity index is 876. The van der Waals surface area contributed by atoms with E-state index in [1.54, 1.807) is 31.5 Å². The lowest BCUT2D eigenvalue weighted by Crippen LogP contribution is -2.46. The summed E-state index contributed by atoms with van der Waals surface area (Å²) in [7, 11) is 0. The quantitative estimate of drug-likeness (QED) is 0.712. The van der Waals surface area contributed by atoms with E-state index in [1.165, 1.54) is 6.07 Å². The van der Waals surface area contributed by atoms with Gasteiger partial charge in [-0.1, -0.05) is 17.3 Å². The predicted octanol–water partition coefficient (Wildman–Crippen LogP) is 2.30. The van der Waals surface area contributed by atoms with E-state index < -0.39 is 0 Å². The van der Waals surface area contributed by atoms with Crippen LogP contribution >= 0.6 is 0 Å². The Hall–Kier alpha value is -2.87. The Morgan fingerprint density at radius 2 is 1.88 bits per heavy atom. The molecule has 26 heavy (non-hydrogen) atoms. The number of aromatic nitrogens is 4. The Morgan fingerprint density at radius 1 is 1.12 bits per heavy atom. The molecule has 0 aliphatic carbocycles. The number of aryl methyl sites for hydroxylation is 1. The van der Waals surface area contributed by atoms with Gasteiger partial charge in [0.25, 0.3) is 0 Å². The zero-order valence-corrected chi connectivity index (χ0v) is 14.5. The fourth-order valence-electron chi connectivity index (χ4n) is 2.92. The molecule has 4 rings (SSSR count). The first-order valence-electron chi connectivity index (χ1n) is 8.52. The number of anilines is 1. The van der Waals surface area contributed by atoms with E-state index in [1.807, 2.05) is 6.07 Å². The standard InChI is InChI=1S/C18H19FN6O/c1-13-3-4-14(11-15(13)19)17-22-16(26-23-17)12-24-7-9-25(10-8-24)18-20-5-2-6-21-18/h2-6,11H,7-10,12H2,1H3. The molecule has 0 unspecified atom stereocenters. The fraction of sp³-hybridized carbons (Fsp3) is 0.333. The monoisotopic (exact) mass is 354 g/mol. The number of piperazine rings is 1. The molecule has 3 aromatic rings. The van der Waals surface area contributed by atoms with Gasteiger partial charge in [-0.05, 0) is 24.6 Å². The lowest BCUT2D eigenvalue weighted by Gasteiger charge is -2.33. The minimum absolute atomic E-state index is 0.270. The maximum atomic E-state index is 13.7. The van der Waals surface area contributed by atoms with Crippen LogP contribution in [0.3, 0.4) is 0 Å². The van der Waals surface area contributed by atoms with Gasteiger partial charge in [0.05, 0.1) is 6.54 Å². The Morgan fingerprint density at radius 3 is 2.62 bits per heavy atom. The molecule has 0 radical (unpaired) electrons. The molecular weight excluding hydrogens is 335 g/mol. The Kier molecular flexibility index (Phi) is 4.57. The van der Waals surface area contributed by atoms with E-state index >= 15 is 0 Å². The van der Waals surface area contributed by atoms with Crippen molar-refractivity contribution in [3.63, 3.8) is 0 Å². The van der Waals surface area contributed by atoms with Gasteiger partial charge in [-0.25, -0.2) is 14.4 Å². The second kappa shape index (κ2) is 7.17.